The third kappa shape index (κ3) is 2.75. The summed E-state index contributed by atoms with van der Waals surface area (Å²) in [6, 6.07) is 8.06. The number of hydrogen-bond acceptors (Lipinski definition) is 3. The summed E-state index contributed by atoms with van der Waals surface area (Å²) in [4.78, 5) is 18.4. The lowest BCUT2D eigenvalue weighted by atomic mass is 9.98. The fourth-order valence-corrected chi connectivity index (χ4v) is 2.88. The molecule has 1 aliphatic heterocycles. The van der Waals surface area contributed by atoms with E-state index in [0.29, 0.717) is 42.4 Å². The van der Waals surface area contributed by atoms with E-state index in [4.69, 9.17) is 16.9 Å². The monoisotopic (exact) mass is 317 g/mol. The van der Waals surface area contributed by atoms with Gasteiger partial charge >= 0.3 is 0 Å². The van der Waals surface area contributed by atoms with Gasteiger partial charge in [-0.05, 0) is 31.0 Å². The molecule has 1 fully saturated rings. The first kappa shape index (κ1) is 14.7. The zero-order chi connectivity index (χ0) is 15.7. The number of hydrogen-bond donors (Lipinski definition) is 0. The quantitative estimate of drug-likeness (QED) is 0.757. The molecule has 0 bridgehead atoms. The van der Waals surface area contributed by atoms with Crippen LogP contribution in [0.15, 0.2) is 24.3 Å². The van der Waals surface area contributed by atoms with Gasteiger partial charge in [0.15, 0.2) is 0 Å². The second kappa shape index (κ2) is 5.90. The van der Waals surface area contributed by atoms with E-state index in [1.165, 1.54) is 12.1 Å². The number of rotatable bonds is 1. The highest BCUT2D eigenvalue weighted by Crippen LogP contribution is 2.25. The number of benzene rings is 1. The van der Waals surface area contributed by atoms with E-state index >= 15 is 0 Å². The number of nitrogens with zero attached hydrogens (tertiary/aromatic N) is 3. The lowest BCUT2D eigenvalue weighted by Crippen LogP contribution is -2.38. The minimum Gasteiger partial charge on any atom is -0.338 e. The van der Waals surface area contributed by atoms with Gasteiger partial charge in [-0.15, -0.1) is 0 Å². The van der Waals surface area contributed by atoms with E-state index in [1.807, 2.05) is 0 Å². The Hall–Kier alpha value is -2.19. The normalized spacial score (nSPS) is 15.8. The molecule has 0 aliphatic carbocycles. The molecular weight excluding hydrogens is 305 g/mol. The minimum atomic E-state index is -0.395. The predicted octanol–water partition coefficient (Wildman–Crippen LogP) is 3.40. The van der Waals surface area contributed by atoms with Crippen LogP contribution in [-0.4, -0.2) is 28.9 Å². The molecule has 3 rings (SSSR count). The number of piperidine rings is 1. The van der Waals surface area contributed by atoms with Gasteiger partial charge in [-0.2, -0.15) is 5.26 Å². The van der Waals surface area contributed by atoms with Crippen molar-refractivity contribution in [2.24, 2.45) is 5.92 Å². The van der Waals surface area contributed by atoms with Crippen molar-refractivity contribution in [3.8, 4) is 6.07 Å². The van der Waals surface area contributed by atoms with Gasteiger partial charge in [-0.25, -0.2) is 9.37 Å². The molecule has 112 valence electrons. The predicted molar refractivity (Wildman–Crippen MR) is 81.0 cm³/mol. The molecular formula is C16H13ClFN3O. The number of amides is 1. The molecule has 0 radical (unpaired) electrons. The zero-order valence-electron chi connectivity index (χ0n) is 11.7. The van der Waals surface area contributed by atoms with Gasteiger partial charge < -0.3 is 4.90 Å². The number of pyridine rings is 1. The average molecular weight is 318 g/mol. The summed E-state index contributed by atoms with van der Waals surface area (Å²) in [6.45, 7) is 1.07. The zero-order valence-corrected chi connectivity index (χ0v) is 12.5. The first-order valence-electron chi connectivity index (χ1n) is 7.03. The summed E-state index contributed by atoms with van der Waals surface area (Å²) < 4.78 is 13.2. The molecule has 1 aliphatic rings. The van der Waals surface area contributed by atoms with Gasteiger partial charge in [0.25, 0.3) is 5.91 Å². The minimum absolute atomic E-state index is 0.0113. The number of carbonyl (C=O) groups is 1. The highest BCUT2D eigenvalue weighted by Gasteiger charge is 2.25. The molecule has 6 heteroatoms. The van der Waals surface area contributed by atoms with Gasteiger partial charge in [0.05, 0.1) is 17.1 Å². The third-order valence-electron chi connectivity index (χ3n) is 3.93. The summed E-state index contributed by atoms with van der Waals surface area (Å²) in [7, 11) is 0. The topological polar surface area (TPSA) is 57.0 Å². The Morgan fingerprint density at radius 3 is 2.77 bits per heavy atom. The van der Waals surface area contributed by atoms with Gasteiger partial charge in [0.2, 0.25) is 0 Å². The Labute approximate surface area is 132 Å². The summed E-state index contributed by atoms with van der Waals surface area (Å²) in [5.41, 5.74) is 0.737. The highest BCUT2D eigenvalue weighted by molar-refractivity contribution is 6.33. The van der Waals surface area contributed by atoms with Crippen LogP contribution in [-0.2, 0) is 0 Å². The Bertz CT molecular complexity index is 779. The van der Waals surface area contributed by atoms with Crippen molar-refractivity contribution in [1.82, 2.24) is 9.88 Å². The van der Waals surface area contributed by atoms with Crippen molar-refractivity contribution < 1.29 is 9.18 Å². The molecule has 2 aromatic rings. The Kier molecular flexibility index (Phi) is 3.95. The van der Waals surface area contributed by atoms with Crippen LogP contribution in [0.3, 0.4) is 0 Å². The van der Waals surface area contributed by atoms with Crippen LogP contribution in [0.5, 0.6) is 0 Å². The van der Waals surface area contributed by atoms with Crippen molar-refractivity contribution in [2.45, 2.75) is 12.8 Å². The maximum atomic E-state index is 13.2. The third-order valence-corrected chi connectivity index (χ3v) is 4.22. The highest BCUT2D eigenvalue weighted by atomic mass is 35.5. The van der Waals surface area contributed by atoms with E-state index in [0.717, 1.165) is 0 Å². The maximum Gasteiger partial charge on any atom is 0.257 e. The van der Waals surface area contributed by atoms with Crippen LogP contribution in [0.4, 0.5) is 4.39 Å². The largest absolute Gasteiger partial charge is 0.338 e. The van der Waals surface area contributed by atoms with E-state index in [2.05, 4.69) is 11.1 Å². The van der Waals surface area contributed by atoms with E-state index < -0.39 is 5.82 Å². The molecule has 0 saturated carbocycles. The summed E-state index contributed by atoms with van der Waals surface area (Å²) in [6.07, 6.45) is 1.35. The average Bonchev–Trinajstić information content (AvgIpc) is 2.53. The Morgan fingerprint density at radius 1 is 1.36 bits per heavy atom. The smallest absolute Gasteiger partial charge is 0.257 e. The van der Waals surface area contributed by atoms with Gasteiger partial charge in [0, 0.05) is 30.5 Å². The summed E-state index contributed by atoms with van der Waals surface area (Å²) in [5.74, 6) is -0.578. The lowest BCUT2D eigenvalue weighted by Gasteiger charge is -2.29. The first-order valence-corrected chi connectivity index (χ1v) is 7.41. The fourth-order valence-electron chi connectivity index (χ4n) is 2.65. The Morgan fingerprint density at radius 2 is 2.09 bits per heavy atom. The SMILES string of the molecule is N#CC1CCN(C(=O)c2cc3ccc(F)cc3nc2Cl)CC1. The molecule has 2 heterocycles. The number of likely N-dealkylation sites (tertiary alicyclic amines) is 1. The number of aromatic nitrogens is 1. The number of halogens is 2. The maximum absolute atomic E-state index is 13.2. The van der Waals surface area contributed by atoms with Gasteiger partial charge in [-0.1, -0.05) is 11.6 Å². The molecule has 1 amide bonds. The number of carbonyl (C=O) groups excluding carboxylic acids is 1. The molecule has 0 N–H and O–H groups in total. The molecule has 0 spiro atoms. The van der Waals surface area contributed by atoms with E-state index in [9.17, 15) is 9.18 Å². The second-order valence-electron chi connectivity index (χ2n) is 5.36. The van der Waals surface area contributed by atoms with Crippen molar-refractivity contribution in [2.75, 3.05) is 13.1 Å². The van der Waals surface area contributed by atoms with Crippen molar-refractivity contribution in [3.05, 3.63) is 40.8 Å². The molecule has 4 nitrogen and oxygen atoms in total. The molecule has 22 heavy (non-hydrogen) atoms. The summed E-state index contributed by atoms with van der Waals surface area (Å²) in [5, 5.41) is 9.64. The molecule has 1 saturated heterocycles. The lowest BCUT2D eigenvalue weighted by molar-refractivity contribution is 0.0707. The molecule has 1 aromatic heterocycles. The molecule has 0 unspecified atom stereocenters. The number of fused-ring (bicyclic) bond motifs is 1. The first-order chi connectivity index (χ1) is 10.6. The van der Waals surface area contributed by atoms with Crippen LogP contribution in [0, 0.1) is 23.1 Å². The van der Waals surface area contributed by atoms with E-state index in [1.54, 1.807) is 17.0 Å². The number of nitriles is 1. The Balaban J connectivity index is 1.90. The molecule has 0 atom stereocenters. The van der Waals surface area contributed by atoms with E-state index in [-0.39, 0.29) is 17.0 Å². The van der Waals surface area contributed by atoms with Crippen LogP contribution >= 0.6 is 11.6 Å². The molecule has 1 aromatic carbocycles. The fraction of sp³-hybridized carbons (Fsp3) is 0.312. The van der Waals surface area contributed by atoms with Crippen molar-refractivity contribution in [1.29, 1.82) is 5.26 Å². The van der Waals surface area contributed by atoms with Crippen LogP contribution in [0.25, 0.3) is 10.9 Å². The summed E-state index contributed by atoms with van der Waals surface area (Å²) >= 11 is 6.09. The van der Waals surface area contributed by atoms with Crippen LogP contribution in [0.1, 0.15) is 23.2 Å². The standard InChI is InChI=1S/C16H13ClFN3O/c17-15-13(7-11-1-2-12(18)8-14(11)20-15)16(22)21-5-3-10(9-19)4-6-21/h1-2,7-8,10H,3-6H2. The van der Waals surface area contributed by atoms with Gasteiger partial charge in [0.1, 0.15) is 11.0 Å². The van der Waals surface area contributed by atoms with Crippen molar-refractivity contribution in [3.63, 3.8) is 0 Å². The van der Waals surface area contributed by atoms with Gasteiger partial charge in [-0.3, -0.25) is 4.79 Å². The second-order valence-corrected chi connectivity index (χ2v) is 5.72. The van der Waals surface area contributed by atoms with Crippen LogP contribution < -0.4 is 0 Å². The van der Waals surface area contributed by atoms with Crippen LogP contribution in [0.2, 0.25) is 5.15 Å². The van der Waals surface area contributed by atoms with Crippen molar-refractivity contribution >= 4 is 28.4 Å².